The minimum absolute atomic E-state index is 0.266. The van der Waals surface area contributed by atoms with Crippen molar-refractivity contribution in [3.05, 3.63) is 72.1 Å². The van der Waals surface area contributed by atoms with E-state index in [-0.39, 0.29) is 13.7 Å². The molecule has 11 heteroatoms. The summed E-state index contributed by atoms with van der Waals surface area (Å²) in [4.78, 5) is 18.3. The molecule has 0 amide bonds. The lowest BCUT2D eigenvalue weighted by atomic mass is 10.2. The number of nitrogens with zero attached hydrogens (tertiary/aromatic N) is 6. The number of para-hydroxylation sites is 2. The van der Waals surface area contributed by atoms with Crippen molar-refractivity contribution < 1.29 is 13.5 Å². The molecule has 2 aromatic carbocycles. The van der Waals surface area contributed by atoms with Crippen molar-refractivity contribution >= 4 is 30.7 Å². The summed E-state index contributed by atoms with van der Waals surface area (Å²) in [6.07, 6.45) is 0.235. The van der Waals surface area contributed by atoms with Gasteiger partial charge in [-0.25, -0.2) is 13.8 Å². The fourth-order valence-corrected chi connectivity index (χ4v) is 7.13. The highest BCUT2D eigenvalue weighted by Gasteiger charge is 2.25. The van der Waals surface area contributed by atoms with E-state index >= 15 is 0 Å². The number of halogens is 2. The molecule has 1 N–H and O–H groups in total. The number of morpholine rings is 1. The number of hydrogen-bond acceptors (Lipinski definition) is 7. The van der Waals surface area contributed by atoms with E-state index in [4.69, 9.17) is 14.7 Å². The van der Waals surface area contributed by atoms with E-state index in [1.165, 1.54) is 10.1 Å². The number of benzene rings is 2. The van der Waals surface area contributed by atoms with Gasteiger partial charge in [-0.15, -0.1) is 0 Å². The van der Waals surface area contributed by atoms with Gasteiger partial charge in [0.25, 0.3) is 6.43 Å². The second-order valence-corrected chi connectivity index (χ2v) is 11.9. The zero-order valence-electron chi connectivity index (χ0n) is 21.0. The molecule has 0 radical (unpaired) electrons. The Hall–Kier alpha value is -3.20. The third kappa shape index (κ3) is 5.48. The topological polar surface area (TPSA) is 71.3 Å². The Labute approximate surface area is 221 Å². The monoisotopic (exact) mass is 537 g/mol. The van der Waals surface area contributed by atoms with E-state index in [2.05, 4.69) is 44.4 Å². The SMILES string of the molecule is FC(F)c1nc2ccccc2n1-c1cc(N2CCOCC2)nc(NC[P@]2CCN(Cc3ccccc3)C2)n1. The molecule has 2 saturated heterocycles. The standard InChI is InChI=1S/C27H30F2N7OP/c28-25(29)26-31-21-8-4-5-9-22(21)36(26)24-16-23(35-10-13-37-14-11-35)32-27(33-24)30-18-38-15-12-34(19-38)17-20-6-2-1-3-7-20/h1-9,16,25H,10-15,17-19H2,(H,30,32,33)/t38-/m0/s1. The van der Waals surface area contributed by atoms with Crippen LogP contribution in [0.1, 0.15) is 17.8 Å². The summed E-state index contributed by atoms with van der Waals surface area (Å²) in [5.41, 5.74) is 2.43. The molecular formula is C27H30F2N7OP. The lowest BCUT2D eigenvalue weighted by Crippen LogP contribution is -2.37. The summed E-state index contributed by atoms with van der Waals surface area (Å²) in [6, 6.07) is 19.5. The molecule has 4 heterocycles. The van der Waals surface area contributed by atoms with Crippen LogP contribution in [-0.2, 0) is 11.3 Å². The van der Waals surface area contributed by atoms with Crippen molar-refractivity contribution in [2.75, 3.05) is 61.8 Å². The van der Waals surface area contributed by atoms with Crippen LogP contribution in [0.25, 0.3) is 16.9 Å². The second-order valence-electron chi connectivity index (χ2n) is 9.51. The lowest BCUT2D eigenvalue weighted by Gasteiger charge is -2.28. The Morgan fingerprint density at radius 3 is 2.50 bits per heavy atom. The molecule has 2 fully saturated rings. The molecule has 2 aliphatic heterocycles. The number of ether oxygens (including phenoxy) is 1. The maximum Gasteiger partial charge on any atom is 0.296 e. The van der Waals surface area contributed by atoms with E-state index in [0.717, 1.165) is 31.8 Å². The number of imidazole rings is 1. The molecule has 38 heavy (non-hydrogen) atoms. The largest absolute Gasteiger partial charge is 0.378 e. The highest BCUT2D eigenvalue weighted by Crippen LogP contribution is 2.41. The molecule has 0 aliphatic carbocycles. The second kappa shape index (κ2) is 11.3. The predicted octanol–water partition coefficient (Wildman–Crippen LogP) is 4.91. The number of anilines is 2. The summed E-state index contributed by atoms with van der Waals surface area (Å²) in [5, 5.41) is 3.45. The summed E-state index contributed by atoms with van der Waals surface area (Å²) in [5.74, 6) is 1.22. The lowest BCUT2D eigenvalue weighted by molar-refractivity contribution is 0.122. The first-order chi connectivity index (χ1) is 18.6. The summed E-state index contributed by atoms with van der Waals surface area (Å²) >= 11 is 0. The van der Waals surface area contributed by atoms with Crippen LogP contribution in [-0.4, -0.2) is 76.0 Å². The van der Waals surface area contributed by atoms with Gasteiger partial charge in [-0.2, -0.15) is 9.97 Å². The average molecular weight is 538 g/mol. The van der Waals surface area contributed by atoms with Crippen molar-refractivity contribution in [3.63, 3.8) is 0 Å². The third-order valence-electron chi connectivity index (χ3n) is 6.89. The molecule has 6 rings (SSSR count). The smallest absolute Gasteiger partial charge is 0.296 e. The molecule has 198 valence electrons. The van der Waals surface area contributed by atoms with Crippen molar-refractivity contribution in [1.82, 2.24) is 24.4 Å². The van der Waals surface area contributed by atoms with Crippen molar-refractivity contribution in [2.24, 2.45) is 0 Å². The molecular weight excluding hydrogens is 507 g/mol. The Bertz CT molecular complexity index is 1380. The Balaban J connectivity index is 1.26. The van der Waals surface area contributed by atoms with E-state index < -0.39 is 6.43 Å². The number of alkyl halides is 2. The molecule has 0 saturated carbocycles. The molecule has 8 nitrogen and oxygen atoms in total. The number of aromatic nitrogens is 4. The zero-order chi connectivity index (χ0) is 25.9. The van der Waals surface area contributed by atoms with Crippen LogP contribution in [0.4, 0.5) is 20.5 Å². The molecule has 2 aromatic heterocycles. The molecule has 2 aliphatic rings. The summed E-state index contributed by atoms with van der Waals surface area (Å²) in [6.45, 7) is 4.59. The van der Waals surface area contributed by atoms with Gasteiger partial charge in [0.15, 0.2) is 5.82 Å². The van der Waals surface area contributed by atoms with Gasteiger partial charge in [-0.3, -0.25) is 9.47 Å². The van der Waals surface area contributed by atoms with Crippen LogP contribution in [0, 0.1) is 0 Å². The minimum atomic E-state index is -2.74. The third-order valence-corrected chi connectivity index (χ3v) is 9.13. The van der Waals surface area contributed by atoms with Gasteiger partial charge < -0.3 is 15.0 Å². The van der Waals surface area contributed by atoms with Gasteiger partial charge >= 0.3 is 0 Å². The number of hydrogen-bond donors (Lipinski definition) is 1. The van der Waals surface area contributed by atoms with Crippen molar-refractivity contribution in [3.8, 4) is 5.82 Å². The van der Waals surface area contributed by atoms with E-state index in [1.807, 2.05) is 12.1 Å². The van der Waals surface area contributed by atoms with Crippen molar-refractivity contribution in [1.29, 1.82) is 0 Å². The van der Waals surface area contributed by atoms with Crippen LogP contribution in [0.5, 0.6) is 0 Å². The maximum atomic E-state index is 14.1. The number of rotatable bonds is 8. The van der Waals surface area contributed by atoms with Gasteiger partial charge in [0, 0.05) is 44.8 Å². The summed E-state index contributed by atoms with van der Waals surface area (Å²) < 4.78 is 35.1. The van der Waals surface area contributed by atoms with Crippen LogP contribution in [0.3, 0.4) is 0 Å². The zero-order valence-corrected chi connectivity index (χ0v) is 21.9. The van der Waals surface area contributed by atoms with Gasteiger partial charge in [0.05, 0.1) is 24.2 Å². The average Bonchev–Trinajstić information content (AvgIpc) is 3.57. The normalized spacial score (nSPS) is 18.5. The van der Waals surface area contributed by atoms with E-state index in [9.17, 15) is 8.78 Å². The molecule has 0 bridgehead atoms. The van der Waals surface area contributed by atoms with Crippen LogP contribution in [0.15, 0.2) is 60.7 Å². The van der Waals surface area contributed by atoms with Crippen LogP contribution < -0.4 is 10.2 Å². The Kier molecular flexibility index (Phi) is 7.44. The van der Waals surface area contributed by atoms with Gasteiger partial charge in [0.1, 0.15) is 11.6 Å². The van der Waals surface area contributed by atoms with Gasteiger partial charge in [-0.05, 0) is 23.9 Å². The van der Waals surface area contributed by atoms with Gasteiger partial charge in [-0.1, -0.05) is 50.4 Å². The van der Waals surface area contributed by atoms with Crippen molar-refractivity contribution in [2.45, 2.75) is 13.0 Å². The highest BCUT2D eigenvalue weighted by molar-refractivity contribution is 7.58. The first kappa shape index (κ1) is 25.1. The minimum Gasteiger partial charge on any atom is -0.378 e. The fourth-order valence-electron chi connectivity index (χ4n) is 4.99. The van der Waals surface area contributed by atoms with E-state index in [0.29, 0.717) is 54.9 Å². The number of fused-ring (bicyclic) bond motifs is 1. The first-order valence-corrected chi connectivity index (χ1v) is 14.7. The predicted molar refractivity (Wildman–Crippen MR) is 147 cm³/mol. The molecule has 1 atom stereocenters. The van der Waals surface area contributed by atoms with Gasteiger partial charge in [0.2, 0.25) is 5.95 Å². The molecule has 0 spiro atoms. The number of nitrogens with one attached hydrogen (secondary N) is 1. The highest BCUT2D eigenvalue weighted by atomic mass is 31.1. The first-order valence-electron chi connectivity index (χ1n) is 12.8. The van der Waals surface area contributed by atoms with E-state index in [1.54, 1.807) is 24.3 Å². The maximum absolute atomic E-state index is 14.1. The quantitative estimate of drug-likeness (QED) is 0.320. The van der Waals surface area contributed by atoms with Crippen LogP contribution >= 0.6 is 7.92 Å². The van der Waals surface area contributed by atoms with Crippen LogP contribution in [0.2, 0.25) is 0 Å². The summed E-state index contributed by atoms with van der Waals surface area (Å²) in [7, 11) is -0.266. The molecule has 0 unspecified atom stereocenters. The fraction of sp³-hybridized carbons (Fsp3) is 0.370. The molecule has 4 aromatic rings. The Morgan fingerprint density at radius 1 is 0.921 bits per heavy atom. The Morgan fingerprint density at radius 2 is 1.68 bits per heavy atom.